The van der Waals surface area contributed by atoms with Crippen molar-refractivity contribution in [2.45, 2.75) is 37.9 Å². The lowest BCUT2D eigenvalue weighted by Gasteiger charge is -2.33. The van der Waals surface area contributed by atoms with Crippen LogP contribution in [0.2, 0.25) is 0 Å². The fourth-order valence-electron chi connectivity index (χ4n) is 3.02. The first kappa shape index (κ1) is 16.5. The highest BCUT2D eigenvalue weighted by Crippen LogP contribution is 2.32. The minimum absolute atomic E-state index is 0.0346. The Labute approximate surface area is 123 Å². The van der Waals surface area contributed by atoms with Crippen LogP contribution in [-0.4, -0.2) is 67.7 Å². The zero-order valence-electron chi connectivity index (χ0n) is 12.5. The van der Waals surface area contributed by atoms with Crippen LogP contribution < -0.4 is 5.32 Å². The summed E-state index contributed by atoms with van der Waals surface area (Å²) in [7, 11) is 1.73. The third-order valence-electron chi connectivity index (χ3n) is 4.50. The lowest BCUT2D eigenvalue weighted by molar-refractivity contribution is -0.180. The van der Waals surface area contributed by atoms with Gasteiger partial charge in [-0.25, -0.2) is 0 Å². The zero-order valence-corrected chi connectivity index (χ0v) is 12.5. The van der Waals surface area contributed by atoms with E-state index in [1.807, 2.05) is 0 Å². The number of nitrogens with zero attached hydrogens (tertiary/aromatic N) is 2. The summed E-state index contributed by atoms with van der Waals surface area (Å²) >= 11 is 0. The second-order valence-electron chi connectivity index (χ2n) is 6.09. The van der Waals surface area contributed by atoms with Gasteiger partial charge in [0, 0.05) is 26.7 Å². The highest BCUT2D eigenvalue weighted by molar-refractivity contribution is 5.81. The van der Waals surface area contributed by atoms with Crippen molar-refractivity contribution in [1.29, 1.82) is 0 Å². The number of rotatable bonds is 4. The number of piperidine rings is 1. The summed E-state index contributed by atoms with van der Waals surface area (Å²) in [6.45, 7) is 3.49. The van der Waals surface area contributed by atoms with Crippen molar-refractivity contribution in [2.24, 2.45) is 5.92 Å². The lowest BCUT2D eigenvalue weighted by Crippen LogP contribution is -2.52. The highest BCUT2D eigenvalue weighted by atomic mass is 19.4. The maximum absolute atomic E-state index is 12.6. The smallest absolute Gasteiger partial charge is 0.343 e. The first-order chi connectivity index (χ1) is 9.88. The molecule has 1 N–H and O–H groups in total. The number of carbonyl (C=O) groups excluding carboxylic acids is 1. The van der Waals surface area contributed by atoms with Gasteiger partial charge in [0.25, 0.3) is 0 Å². The molecule has 122 valence electrons. The molecule has 2 aliphatic heterocycles. The van der Waals surface area contributed by atoms with Gasteiger partial charge in [-0.05, 0) is 38.8 Å². The molecule has 2 unspecified atom stereocenters. The summed E-state index contributed by atoms with van der Waals surface area (Å²) in [6, 6.07) is -0.466. The van der Waals surface area contributed by atoms with Crippen molar-refractivity contribution in [1.82, 2.24) is 15.1 Å². The Morgan fingerprint density at radius 3 is 2.48 bits per heavy atom. The second-order valence-corrected chi connectivity index (χ2v) is 6.09. The molecule has 7 heteroatoms. The van der Waals surface area contributed by atoms with Gasteiger partial charge in [0.15, 0.2) is 0 Å². The summed E-state index contributed by atoms with van der Waals surface area (Å²) in [4.78, 5) is 16.2. The third kappa shape index (κ3) is 4.57. The molecule has 0 spiro atoms. The van der Waals surface area contributed by atoms with Crippen LogP contribution in [0, 0.1) is 5.92 Å². The number of amides is 1. The molecule has 2 atom stereocenters. The third-order valence-corrected chi connectivity index (χ3v) is 4.50. The molecule has 2 heterocycles. The average Bonchev–Trinajstić information content (AvgIpc) is 2.96. The minimum Gasteiger partial charge on any atom is -0.343 e. The van der Waals surface area contributed by atoms with Crippen molar-refractivity contribution in [3.63, 3.8) is 0 Å². The lowest BCUT2D eigenvalue weighted by atomic mass is 9.93. The Hall–Kier alpha value is -0.820. The largest absolute Gasteiger partial charge is 0.393 e. The van der Waals surface area contributed by atoms with Gasteiger partial charge < -0.3 is 15.1 Å². The SMILES string of the molecule is CN(CCN1CCCC1)C(=O)C1CCC(C(F)(F)F)CN1. The standard InChI is InChI=1S/C14H24F3N3O/c1-19(8-9-20-6-2-3-7-20)13(21)12-5-4-11(10-18-12)14(15,16)17/h11-12,18H,2-10H2,1H3. The fraction of sp³-hybridized carbons (Fsp3) is 0.929. The van der Waals surface area contributed by atoms with E-state index in [2.05, 4.69) is 10.2 Å². The van der Waals surface area contributed by atoms with Gasteiger partial charge in [0.2, 0.25) is 5.91 Å². The number of nitrogens with one attached hydrogen (secondary N) is 1. The Morgan fingerprint density at radius 2 is 1.95 bits per heavy atom. The van der Waals surface area contributed by atoms with Crippen LogP contribution in [0.1, 0.15) is 25.7 Å². The van der Waals surface area contributed by atoms with Gasteiger partial charge in [0.05, 0.1) is 12.0 Å². The Kier molecular flexibility index (Phi) is 5.48. The van der Waals surface area contributed by atoms with Gasteiger partial charge in [-0.1, -0.05) is 0 Å². The monoisotopic (exact) mass is 307 g/mol. The van der Waals surface area contributed by atoms with Crippen molar-refractivity contribution < 1.29 is 18.0 Å². The molecule has 2 aliphatic rings. The summed E-state index contributed by atoms with van der Waals surface area (Å²) < 4.78 is 37.7. The van der Waals surface area contributed by atoms with E-state index in [0.29, 0.717) is 6.54 Å². The average molecular weight is 307 g/mol. The molecule has 2 rings (SSSR count). The topological polar surface area (TPSA) is 35.6 Å². The molecule has 0 aliphatic carbocycles. The molecule has 1 amide bonds. The number of likely N-dealkylation sites (tertiary alicyclic amines) is 1. The number of alkyl halides is 3. The maximum atomic E-state index is 12.6. The van der Waals surface area contributed by atoms with Crippen LogP contribution in [0.15, 0.2) is 0 Å². The molecule has 21 heavy (non-hydrogen) atoms. The van der Waals surface area contributed by atoms with E-state index in [-0.39, 0.29) is 25.3 Å². The number of halogens is 3. The number of hydrogen-bond acceptors (Lipinski definition) is 3. The van der Waals surface area contributed by atoms with Crippen molar-refractivity contribution in [3.8, 4) is 0 Å². The summed E-state index contributed by atoms with van der Waals surface area (Å²) in [5.74, 6) is -1.41. The van der Waals surface area contributed by atoms with Crippen LogP contribution in [0.3, 0.4) is 0 Å². The van der Waals surface area contributed by atoms with Gasteiger partial charge in [-0.3, -0.25) is 4.79 Å². The minimum atomic E-state index is -4.16. The molecule has 0 bridgehead atoms. The van der Waals surface area contributed by atoms with Gasteiger partial charge in [0.1, 0.15) is 0 Å². The Morgan fingerprint density at radius 1 is 1.29 bits per heavy atom. The number of carbonyl (C=O) groups is 1. The zero-order chi connectivity index (χ0) is 15.5. The molecule has 0 saturated carbocycles. The van der Waals surface area contributed by atoms with E-state index in [4.69, 9.17) is 0 Å². The van der Waals surface area contributed by atoms with Crippen LogP contribution in [-0.2, 0) is 4.79 Å². The molecule has 0 aromatic carbocycles. The van der Waals surface area contributed by atoms with Gasteiger partial charge >= 0.3 is 6.18 Å². The van der Waals surface area contributed by atoms with Gasteiger partial charge in [-0.2, -0.15) is 13.2 Å². The van der Waals surface area contributed by atoms with Crippen molar-refractivity contribution in [2.75, 3.05) is 39.8 Å². The summed E-state index contributed by atoms with van der Waals surface area (Å²) in [5.41, 5.74) is 0. The predicted molar refractivity (Wildman–Crippen MR) is 73.9 cm³/mol. The van der Waals surface area contributed by atoms with E-state index in [1.165, 1.54) is 12.8 Å². The van der Waals surface area contributed by atoms with Crippen LogP contribution in [0.25, 0.3) is 0 Å². The van der Waals surface area contributed by atoms with E-state index in [1.54, 1.807) is 11.9 Å². The Bertz CT molecular complexity index is 348. The van der Waals surface area contributed by atoms with Crippen molar-refractivity contribution >= 4 is 5.91 Å². The normalized spacial score (nSPS) is 27.8. The van der Waals surface area contributed by atoms with E-state index >= 15 is 0 Å². The molecular formula is C14H24F3N3O. The summed E-state index contributed by atoms with van der Waals surface area (Å²) in [6.07, 6.45) is -1.45. The first-order valence-electron chi connectivity index (χ1n) is 7.65. The second kappa shape index (κ2) is 6.96. The molecule has 2 saturated heterocycles. The molecule has 0 aromatic heterocycles. The van der Waals surface area contributed by atoms with E-state index in [9.17, 15) is 18.0 Å². The molecular weight excluding hydrogens is 283 g/mol. The van der Waals surface area contributed by atoms with Crippen LogP contribution >= 0.6 is 0 Å². The maximum Gasteiger partial charge on any atom is 0.393 e. The Balaban J connectivity index is 1.73. The highest BCUT2D eigenvalue weighted by Gasteiger charge is 2.42. The quantitative estimate of drug-likeness (QED) is 0.854. The van der Waals surface area contributed by atoms with Gasteiger partial charge in [-0.15, -0.1) is 0 Å². The number of likely N-dealkylation sites (N-methyl/N-ethyl adjacent to an activating group) is 1. The predicted octanol–water partition coefficient (Wildman–Crippen LogP) is 1.47. The number of hydrogen-bond donors (Lipinski definition) is 1. The molecule has 4 nitrogen and oxygen atoms in total. The molecule has 0 aromatic rings. The van der Waals surface area contributed by atoms with E-state index in [0.717, 1.165) is 19.6 Å². The molecule has 2 fully saturated rings. The summed E-state index contributed by atoms with van der Waals surface area (Å²) in [5, 5.41) is 2.76. The first-order valence-corrected chi connectivity index (χ1v) is 7.65. The molecule has 0 radical (unpaired) electrons. The fourth-order valence-corrected chi connectivity index (χ4v) is 3.02. The van der Waals surface area contributed by atoms with Crippen LogP contribution in [0.4, 0.5) is 13.2 Å². The van der Waals surface area contributed by atoms with Crippen molar-refractivity contribution in [3.05, 3.63) is 0 Å². The van der Waals surface area contributed by atoms with Crippen LogP contribution in [0.5, 0.6) is 0 Å². The van der Waals surface area contributed by atoms with E-state index < -0.39 is 18.1 Å².